The van der Waals surface area contributed by atoms with Crippen LogP contribution in [0.4, 0.5) is 0 Å². The molecule has 0 radical (unpaired) electrons. The fourth-order valence-electron chi connectivity index (χ4n) is 3.96. The van der Waals surface area contributed by atoms with E-state index in [2.05, 4.69) is 6.07 Å². The summed E-state index contributed by atoms with van der Waals surface area (Å²) in [6.45, 7) is 4.82. The highest BCUT2D eigenvalue weighted by Gasteiger charge is 2.23. The predicted octanol–water partition coefficient (Wildman–Crippen LogP) is 1.96. The van der Waals surface area contributed by atoms with Crippen LogP contribution < -0.4 is 10.7 Å². The Hall–Kier alpha value is -2.57. The molecule has 4 rings (SSSR count). The summed E-state index contributed by atoms with van der Waals surface area (Å²) < 4.78 is 6.85. The third kappa shape index (κ3) is 4.71. The van der Waals surface area contributed by atoms with Crippen LogP contribution in [0, 0.1) is 0 Å². The van der Waals surface area contributed by atoms with Crippen LogP contribution in [-0.2, 0) is 17.9 Å². The summed E-state index contributed by atoms with van der Waals surface area (Å²) in [5.41, 5.74) is 2.59. The molecular weight excluding hydrogens is 390 g/mol. The minimum Gasteiger partial charge on any atom is -0.408 e. The highest BCUT2D eigenvalue weighted by atomic mass is 35.5. The molecule has 1 fully saturated rings. The third-order valence-corrected chi connectivity index (χ3v) is 5.75. The summed E-state index contributed by atoms with van der Waals surface area (Å²) in [5, 5.41) is 0.764. The Morgan fingerprint density at radius 2 is 1.90 bits per heavy atom. The number of halogens is 1. The SMILES string of the molecule is O=C(CCCn1c(=O)oc2ccccc21)N1CC[NH+](Cc2cccc(Cl)c2)CC1. The Labute approximate surface area is 174 Å². The number of rotatable bonds is 6. The van der Waals surface area contributed by atoms with Gasteiger partial charge in [-0.05, 0) is 30.7 Å². The van der Waals surface area contributed by atoms with E-state index < -0.39 is 0 Å². The van der Waals surface area contributed by atoms with Crippen LogP contribution in [0.3, 0.4) is 0 Å². The van der Waals surface area contributed by atoms with Crippen LogP contribution in [0.1, 0.15) is 18.4 Å². The Morgan fingerprint density at radius 3 is 2.69 bits per heavy atom. The van der Waals surface area contributed by atoms with E-state index in [0.29, 0.717) is 25.0 Å². The number of amides is 1. The Kier molecular flexibility index (Phi) is 6.02. The number of nitrogens with zero attached hydrogens (tertiary/aromatic N) is 2. The van der Waals surface area contributed by atoms with E-state index in [0.717, 1.165) is 43.3 Å². The average Bonchev–Trinajstić information content (AvgIpc) is 3.04. The number of nitrogens with one attached hydrogen (secondary N) is 1. The predicted molar refractivity (Wildman–Crippen MR) is 112 cm³/mol. The number of fused-ring (bicyclic) bond motifs is 1. The normalized spacial score (nSPS) is 15.1. The second-order valence-electron chi connectivity index (χ2n) is 7.53. The lowest BCUT2D eigenvalue weighted by Crippen LogP contribution is -3.13. The summed E-state index contributed by atoms with van der Waals surface area (Å²) in [5.74, 6) is -0.204. The van der Waals surface area contributed by atoms with Gasteiger partial charge >= 0.3 is 5.76 Å². The smallest absolute Gasteiger partial charge is 0.408 e. The lowest BCUT2D eigenvalue weighted by atomic mass is 10.2. The van der Waals surface area contributed by atoms with Gasteiger partial charge in [0.25, 0.3) is 0 Å². The minimum absolute atomic E-state index is 0.160. The lowest BCUT2D eigenvalue weighted by Gasteiger charge is -2.32. The van der Waals surface area contributed by atoms with Gasteiger partial charge in [0.1, 0.15) is 6.54 Å². The number of aryl methyl sites for hydroxylation is 1. The Bertz CT molecular complexity index is 1050. The van der Waals surface area contributed by atoms with Gasteiger partial charge in [0, 0.05) is 23.6 Å². The van der Waals surface area contributed by atoms with Gasteiger partial charge in [-0.2, -0.15) is 0 Å². The van der Waals surface area contributed by atoms with Gasteiger partial charge in [-0.3, -0.25) is 9.36 Å². The van der Waals surface area contributed by atoms with E-state index in [1.807, 2.05) is 41.3 Å². The maximum atomic E-state index is 12.6. The van der Waals surface area contributed by atoms with E-state index in [1.165, 1.54) is 10.5 Å². The van der Waals surface area contributed by atoms with E-state index in [1.54, 1.807) is 10.6 Å². The standard InChI is InChI=1S/C22H24ClN3O3/c23-18-6-3-5-17(15-18)16-24-11-13-25(14-12-24)21(27)9-4-10-26-19-7-1-2-8-20(19)29-22(26)28/h1-3,5-8,15H,4,9-14,16H2/p+1. The molecule has 1 aromatic heterocycles. The second kappa shape index (κ2) is 8.84. The summed E-state index contributed by atoms with van der Waals surface area (Å²) >= 11 is 6.07. The number of carbonyl (C=O) groups excluding carboxylic acids is 1. The van der Waals surface area contributed by atoms with E-state index in [4.69, 9.17) is 16.0 Å². The average molecular weight is 415 g/mol. The number of para-hydroxylation sites is 2. The summed E-state index contributed by atoms with van der Waals surface area (Å²) in [7, 11) is 0. The summed E-state index contributed by atoms with van der Waals surface area (Å²) in [6, 6.07) is 15.3. The fourth-order valence-corrected chi connectivity index (χ4v) is 4.17. The first-order valence-corrected chi connectivity index (χ1v) is 10.4. The first-order chi connectivity index (χ1) is 14.1. The molecule has 1 saturated heterocycles. The quantitative estimate of drug-likeness (QED) is 0.670. The molecule has 1 amide bonds. The molecule has 3 aromatic rings. The molecule has 0 aliphatic carbocycles. The maximum absolute atomic E-state index is 12.6. The van der Waals surface area contributed by atoms with Crippen molar-refractivity contribution in [2.24, 2.45) is 0 Å². The van der Waals surface area contributed by atoms with E-state index >= 15 is 0 Å². The van der Waals surface area contributed by atoms with Crippen LogP contribution >= 0.6 is 11.6 Å². The molecule has 7 heteroatoms. The summed E-state index contributed by atoms with van der Waals surface area (Å²) in [4.78, 5) is 28.0. The van der Waals surface area contributed by atoms with Crippen molar-refractivity contribution in [3.8, 4) is 0 Å². The molecule has 1 N–H and O–H groups in total. The number of oxazole rings is 1. The zero-order valence-electron chi connectivity index (χ0n) is 16.3. The highest BCUT2D eigenvalue weighted by Crippen LogP contribution is 2.13. The largest absolute Gasteiger partial charge is 0.419 e. The van der Waals surface area contributed by atoms with Crippen molar-refractivity contribution in [2.45, 2.75) is 25.9 Å². The number of benzene rings is 2. The van der Waals surface area contributed by atoms with Gasteiger partial charge in [0.15, 0.2) is 5.58 Å². The molecule has 0 saturated carbocycles. The fraction of sp³-hybridized carbons (Fsp3) is 0.364. The van der Waals surface area contributed by atoms with E-state index in [9.17, 15) is 9.59 Å². The Balaban J connectivity index is 1.25. The first-order valence-electron chi connectivity index (χ1n) is 10.0. The molecule has 2 aromatic carbocycles. The van der Waals surface area contributed by atoms with Crippen molar-refractivity contribution >= 4 is 28.6 Å². The van der Waals surface area contributed by atoms with Crippen LogP contribution in [0.25, 0.3) is 11.1 Å². The van der Waals surface area contributed by atoms with Crippen molar-refractivity contribution in [3.63, 3.8) is 0 Å². The molecule has 152 valence electrons. The van der Waals surface area contributed by atoms with Gasteiger partial charge in [-0.25, -0.2) is 4.79 Å². The highest BCUT2D eigenvalue weighted by molar-refractivity contribution is 6.30. The van der Waals surface area contributed by atoms with Crippen molar-refractivity contribution in [2.75, 3.05) is 26.2 Å². The van der Waals surface area contributed by atoms with Crippen LogP contribution in [0.5, 0.6) is 0 Å². The van der Waals surface area contributed by atoms with Crippen molar-refractivity contribution in [3.05, 3.63) is 69.7 Å². The van der Waals surface area contributed by atoms with Crippen molar-refractivity contribution < 1.29 is 14.1 Å². The number of piperazine rings is 1. The van der Waals surface area contributed by atoms with E-state index in [-0.39, 0.29) is 11.7 Å². The third-order valence-electron chi connectivity index (χ3n) is 5.51. The second-order valence-corrected chi connectivity index (χ2v) is 7.96. The molecule has 0 spiro atoms. The molecule has 0 atom stereocenters. The monoisotopic (exact) mass is 414 g/mol. The van der Waals surface area contributed by atoms with Crippen LogP contribution in [0.2, 0.25) is 5.02 Å². The summed E-state index contributed by atoms with van der Waals surface area (Å²) in [6.07, 6.45) is 1.06. The molecule has 2 heterocycles. The van der Waals surface area contributed by atoms with Crippen molar-refractivity contribution in [1.82, 2.24) is 9.47 Å². The molecule has 1 aliphatic heterocycles. The molecule has 6 nitrogen and oxygen atoms in total. The Morgan fingerprint density at radius 1 is 1.10 bits per heavy atom. The molecule has 0 bridgehead atoms. The first kappa shape index (κ1) is 19.7. The molecule has 29 heavy (non-hydrogen) atoms. The van der Waals surface area contributed by atoms with Crippen LogP contribution in [0.15, 0.2) is 57.7 Å². The number of quaternary nitrogens is 1. The molecular formula is C22H25ClN3O3+. The number of hydrogen-bond donors (Lipinski definition) is 1. The zero-order chi connectivity index (χ0) is 20.2. The molecule has 1 aliphatic rings. The maximum Gasteiger partial charge on any atom is 0.419 e. The topological polar surface area (TPSA) is 59.9 Å². The number of hydrogen-bond acceptors (Lipinski definition) is 3. The lowest BCUT2D eigenvalue weighted by molar-refractivity contribution is -0.917. The van der Waals surface area contributed by atoms with Crippen molar-refractivity contribution in [1.29, 1.82) is 0 Å². The van der Waals surface area contributed by atoms with Gasteiger partial charge in [-0.1, -0.05) is 35.9 Å². The van der Waals surface area contributed by atoms with Gasteiger partial charge in [0.2, 0.25) is 5.91 Å². The number of carbonyl (C=O) groups is 1. The van der Waals surface area contributed by atoms with Gasteiger partial charge in [-0.15, -0.1) is 0 Å². The number of aromatic nitrogens is 1. The molecule has 0 unspecified atom stereocenters. The zero-order valence-corrected chi connectivity index (χ0v) is 17.0. The minimum atomic E-state index is -0.364. The van der Waals surface area contributed by atoms with Crippen LogP contribution in [-0.4, -0.2) is 41.6 Å². The van der Waals surface area contributed by atoms with Gasteiger partial charge in [0.05, 0.1) is 31.7 Å². The van der Waals surface area contributed by atoms with Gasteiger partial charge < -0.3 is 14.2 Å².